The average Bonchev–Trinajstić information content (AvgIpc) is 3.38. The molecule has 0 unspecified atom stereocenters. The van der Waals surface area contributed by atoms with Crippen LogP contribution < -0.4 is 0 Å². The molecule has 12 aromatic rings. The molecule has 3 heterocycles. The second-order valence-corrected chi connectivity index (χ2v) is 16.1. The van der Waals surface area contributed by atoms with Crippen LogP contribution in [0.25, 0.3) is 122 Å². The Balaban J connectivity index is 1.02. The molecule has 0 N–H and O–H groups in total. The van der Waals surface area contributed by atoms with Crippen LogP contribution in [0.2, 0.25) is 0 Å². The predicted molar refractivity (Wildman–Crippen MR) is 263 cm³/mol. The Morgan fingerprint density at radius 2 is 0.609 bits per heavy atom. The van der Waals surface area contributed by atoms with Gasteiger partial charge >= 0.3 is 0 Å². The fourth-order valence-corrected chi connectivity index (χ4v) is 8.90. The van der Waals surface area contributed by atoms with Gasteiger partial charge in [0.05, 0.1) is 11.0 Å². The molecule has 3 aromatic heterocycles. The lowest BCUT2D eigenvalue weighted by molar-refractivity contribution is 1.07. The number of rotatable bonds is 7. The molecule has 0 spiro atoms. The van der Waals surface area contributed by atoms with Gasteiger partial charge in [-0.1, -0.05) is 170 Å². The Kier molecular flexibility index (Phi) is 9.08. The van der Waals surface area contributed by atoms with E-state index in [2.05, 4.69) is 200 Å². The lowest BCUT2D eigenvalue weighted by atomic mass is 9.94. The van der Waals surface area contributed by atoms with Gasteiger partial charge in [-0.3, -0.25) is 9.97 Å². The van der Waals surface area contributed by atoms with Crippen LogP contribution in [0.15, 0.2) is 225 Å². The fraction of sp³-hybridized carbons (Fsp3) is 0. The third-order valence-electron chi connectivity index (χ3n) is 12.2. The number of hydrogen-bond acceptors (Lipinski definition) is 5. The Hall–Kier alpha value is -8.67. The molecular formula is C59H37N5. The zero-order valence-corrected chi connectivity index (χ0v) is 34.6. The van der Waals surface area contributed by atoms with Gasteiger partial charge < -0.3 is 0 Å². The molecular weight excluding hydrogens is 779 g/mol. The third kappa shape index (κ3) is 6.91. The summed E-state index contributed by atoms with van der Waals surface area (Å²) in [4.78, 5) is 25.1. The van der Waals surface area contributed by atoms with E-state index in [1.54, 1.807) is 0 Å². The molecule has 0 bridgehead atoms. The van der Waals surface area contributed by atoms with E-state index in [1.807, 2.05) is 24.5 Å². The summed E-state index contributed by atoms with van der Waals surface area (Å²) in [6.07, 6.45) is 3.68. The molecule has 0 aliphatic rings. The van der Waals surface area contributed by atoms with Gasteiger partial charge in [0, 0.05) is 39.9 Å². The number of nitrogens with zero attached hydrogens (tertiary/aromatic N) is 5. The van der Waals surface area contributed by atoms with Gasteiger partial charge in [0.2, 0.25) is 0 Å². The summed E-state index contributed by atoms with van der Waals surface area (Å²) >= 11 is 0. The second kappa shape index (κ2) is 15.7. The Morgan fingerprint density at radius 3 is 1.09 bits per heavy atom. The van der Waals surface area contributed by atoms with E-state index in [0.29, 0.717) is 17.5 Å². The minimum atomic E-state index is 0.581. The molecule has 0 atom stereocenters. The van der Waals surface area contributed by atoms with Crippen molar-refractivity contribution in [3.05, 3.63) is 225 Å². The van der Waals surface area contributed by atoms with Crippen LogP contribution >= 0.6 is 0 Å². The Bertz CT molecular complexity index is 3480. The van der Waals surface area contributed by atoms with E-state index in [-0.39, 0.29) is 0 Å². The van der Waals surface area contributed by atoms with Crippen LogP contribution in [0, 0.1) is 0 Å². The van der Waals surface area contributed by atoms with Crippen molar-refractivity contribution in [2.45, 2.75) is 0 Å². The van der Waals surface area contributed by atoms with Gasteiger partial charge in [0.25, 0.3) is 0 Å². The molecule has 9 aromatic carbocycles. The molecule has 0 fully saturated rings. The first-order valence-corrected chi connectivity index (χ1v) is 21.5. The summed E-state index contributed by atoms with van der Waals surface area (Å²) in [5.74, 6) is 1.77. The quantitative estimate of drug-likeness (QED) is 0.160. The lowest BCUT2D eigenvalue weighted by Gasteiger charge is -2.14. The first-order valence-electron chi connectivity index (χ1n) is 21.5. The minimum Gasteiger partial charge on any atom is -0.256 e. The summed E-state index contributed by atoms with van der Waals surface area (Å²) in [5, 5.41) is 7.04. The first-order chi connectivity index (χ1) is 31.7. The van der Waals surface area contributed by atoms with Crippen LogP contribution in [0.5, 0.6) is 0 Å². The highest BCUT2D eigenvalue weighted by Gasteiger charge is 2.17. The van der Waals surface area contributed by atoms with Crippen molar-refractivity contribution in [3.63, 3.8) is 0 Å². The van der Waals surface area contributed by atoms with Crippen molar-refractivity contribution in [2.75, 3.05) is 0 Å². The van der Waals surface area contributed by atoms with Gasteiger partial charge in [-0.2, -0.15) is 0 Å². The molecule has 64 heavy (non-hydrogen) atoms. The van der Waals surface area contributed by atoms with Gasteiger partial charge in [0.15, 0.2) is 17.5 Å². The van der Waals surface area contributed by atoms with Crippen LogP contribution in [-0.2, 0) is 0 Å². The van der Waals surface area contributed by atoms with E-state index in [1.165, 1.54) is 32.7 Å². The van der Waals surface area contributed by atoms with Gasteiger partial charge in [-0.15, -0.1) is 0 Å². The van der Waals surface area contributed by atoms with E-state index >= 15 is 0 Å². The largest absolute Gasteiger partial charge is 0.256 e. The molecule has 0 aliphatic heterocycles. The summed E-state index contributed by atoms with van der Waals surface area (Å²) in [6, 6.07) is 74.7. The number of aromatic nitrogens is 5. The van der Waals surface area contributed by atoms with Crippen molar-refractivity contribution < 1.29 is 0 Å². The van der Waals surface area contributed by atoms with Crippen LogP contribution in [0.4, 0.5) is 0 Å². The second-order valence-electron chi connectivity index (χ2n) is 16.1. The molecule has 298 valence electrons. The third-order valence-corrected chi connectivity index (χ3v) is 12.2. The zero-order valence-electron chi connectivity index (χ0n) is 34.6. The maximum absolute atomic E-state index is 5.27. The molecule has 5 nitrogen and oxygen atoms in total. The Morgan fingerprint density at radius 1 is 0.234 bits per heavy atom. The maximum atomic E-state index is 5.27. The molecule has 0 radical (unpaired) electrons. The fourth-order valence-electron chi connectivity index (χ4n) is 8.90. The monoisotopic (exact) mass is 815 g/mol. The van der Waals surface area contributed by atoms with Crippen LogP contribution in [0.1, 0.15) is 0 Å². The van der Waals surface area contributed by atoms with E-state index in [9.17, 15) is 0 Å². The van der Waals surface area contributed by atoms with Crippen molar-refractivity contribution >= 4 is 43.4 Å². The normalized spacial score (nSPS) is 11.4. The molecule has 0 amide bonds. The molecule has 12 rings (SSSR count). The van der Waals surface area contributed by atoms with Gasteiger partial charge in [-0.25, -0.2) is 15.0 Å². The summed E-state index contributed by atoms with van der Waals surface area (Å²) in [7, 11) is 0. The van der Waals surface area contributed by atoms with E-state index < -0.39 is 0 Å². The standard InChI is InChI=1S/C59H37N5/c1-3-15-51-38(9-1)11-5-17-53(51)40-19-25-44(26-20-40)57-62-58(45-27-21-41(22-28-45)54-18-6-12-39-10-2-4-16-52(39)54)64-59(63-57)50-34-48(46-29-23-42-13-7-31-60-55(42)36-46)33-49(35-50)47-30-24-43-14-8-32-61-56(43)37-47/h1-37H. The number of benzene rings is 9. The topological polar surface area (TPSA) is 64.5 Å². The average molecular weight is 816 g/mol. The van der Waals surface area contributed by atoms with Gasteiger partial charge in [0.1, 0.15) is 0 Å². The van der Waals surface area contributed by atoms with Gasteiger partial charge in [-0.05, 0) is 109 Å². The molecule has 0 aliphatic carbocycles. The lowest BCUT2D eigenvalue weighted by Crippen LogP contribution is -2.01. The summed E-state index contributed by atoms with van der Waals surface area (Å²) in [6.45, 7) is 0. The predicted octanol–water partition coefficient (Wildman–Crippen LogP) is 14.9. The summed E-state index contributed by atoms with van der Waals surface area (Å²) in [5.41, 5.74) is 13.3. The highest BCUT2D eigenvalue weighted by molar-refractivity contribution is 5.98. The molecule has 5 heteroatoms. The van der Waals surface area contributed by atoms with E-state index in [0.717, 1.165) is 71.9 Å². The first kappa shape index (κ1) is 37.1. The minimum absolute atomic E-state index is 0.581. The smallest absolute Gasteiger partial charge is 0.164 e. The van der Waals surface area contributed by atoms with E-state index in [4.69, 9.17) is 24.9 Å². The van der Waals surface area contributed by atoms with Crippen LogP contribution in [0.3, 0.4) is 0 Å². The molecule has 0 saturated heterocycles. The zero-order chi connectivity index (χ0) is 42.4. The van der Waals surface area contributed by atoms with Crippen molar-refractivity contribution in [2.24, 2.45) is 0 Å². The highest BCUT2D eigenvalue weighted by Crippen LogP contribution is 2.37. The number of hydrogen-bond donors (Lipinski definition) is 0. The maximum Gasteiger partial charge on any atom is 0.164 e. The van der Waals surface area contributed by atoms with Crippen LogP contribution in [-0.4, -0.2) is 24.9 Å². The van der Waals surface area contributed by atoms with Crippen molar-refractivity contribution in [3.8, 4) is 78.7 Å². The van der Waals surface area contributed by atoms with Crippen molar-refractivity contribution in [1.82, 2.24) is 24.9 Å². The highest BCUT2D eigenvalue weighted by atomic mass is 15.0. The van der Waals surface area contributed by atoms with Crippen molar-refractivity contribution in [1.29, 1.82) is 0 Å². The Labute approximate surface area is 370 Å². The number of pyridine rings is 2. The summed E-state index contributed by atoms with van der Waals surface area (Å²) < 4.78 is 0. The molecule has 0 saturated carbocycles. The SMILES string of the molecule is c1cnc2cc(-c3cc(-c4ccc5cccnc5c4)cc(-c4nc(-c5ccc(-c6cccc7ccccc67)cc5)nc(-c5ccc(-c6cccc7ccccc67)cc5)n4)c3)ccc2c1. The number of fused-ring (bicyclic) bond motifs is 4.